The summed E-state index contributed by atoms with van der Waals surface area (Å²) in [5.41, 5.74) is -2.59. The highest BCUT2D eigenvalue weighted by Gasteiger charge is 2.71. The summed E-state index contributed by atoms with van der Waals surface area (Å²) in [5.74, 6) is -2.31. The summed E-state index contributed by atoms with van der Waals surface area (Å²) >= 11 is 0. The van der Waals surface area contributed by atoms with Crippen molar-refractivity contribution in [3.05, 3.63) is 102 Å². The second kappa shape index (κ2) is 11.0. The van der Waals surface area contributed by atoms with Gasteiger partial charge in [-0.05, 0) is 61.1 Å². The molecule has 2 fully saturated rings. The lowest BCUT2D eigenvalue weighted by molar-refractivity contribution is -0.256. The third kappa shape index (κ3) is 4.86. The molecule has 1 aliphatic heterocycles. The average Bonchev–Trinajstić information content (AvgIpc) is 3.41. The van der Waals surface area contributed by atoms with Gasteiger partial charge in [-0.3, -0.25) is 4.98 Å². The van der Waals surface area contributed by atoms with E-state index in [1.807, 2.05) is 13.8 Å². The Morgan fingerprint density at radius 3 is 2.33 bits per heavy atom. The van der Waals surface area contributed by atoms with E-state index in [9.17, 15) is 24.6 Å². The normalized spacial score (nSPS) is 34.4. The van der Waals surface area contributed by atoms with E-state index < -0.39 is 58.6 Å². The van der Waals surface area contributed by atoms with Crippen molar-refractivity contribution < 1.29 is 38.8 Å². The van der Waals surface area contributed by atoms with Crippen LogP contribution in [0.2, 0.25) is 0 Å². The monoisotopic (exact) mass is 573 g/mol. The standard InChI is InChI=1S/C33H35NO8/c1-20-24(35)12-13-25-31(2,15-14-21-17-26(36)40-19-21)33(4,39)28(42-29(37)22-9-6-5-7-10-22)27(32(20,25)3)41-30(38)23-11-8-16-34-18-23/h5-11,14-18,24-25,27-28,35,39H,1,12-13,19H2,2-4H3/b15-14+/t24-,25+,27-,28-,31+,32-,33-/m0/s1. The minimum absolute atomic E-state index is 0.0959. The molecule has 2 heterocycles. The van der Waals surface area contributed by atoms with Crippen LogP contribution in [0.1, 0.15) is 54.3 Å². The van der Waals surface area contributed by atoms with Crippen LogP contribution in [0.5, 0.6) is 0 Å². The Morgan fingerprint density at radius 1 is 1.02 bits per heavy atom. The highest BCUT2D eigenvalue weighted by atomic mass is 16.6. The van der Waals surface area contributed by atoms with Gasteiger partial charge in [0.25, 0.3) is 0 Å². The molecule has 42 heavy (non-hydrogen) atoms. The number of hydrogen-bond acceptors (Lipinski definition) is 9. The van der Waals surface area contributed by atoms with Crippen LogP contribution in [0.4, 0.5) is 0 Å². The Morgan fingerprint density at radius 2 is 1.69 bits per heavy atom. The molecule has 2 aliphatic carbocycles. The van der Waals surface area contributed by atoms with Crippen molar-refractivity contribution in [2.75, 3.05) is 6.61 Å². The maximum absolute atomic E-state index is 13.5. The van der Waals surface area contributed by atoms with Crippen LogP contribution in [0, 0.1) is 16.7 Å². The number of benzene rings is 1. The first-order chi connectivity index (χ1) is 19.9. The summed E-state index contributed by atoms with van der Waals surface area (Å²) in [6.07, 6.45) is 5.11. The number of pyridine rings is 1. The number of cyclic esters (lactones) is 1. The van der Waals surface area contributed by atoms with Gasteiger partial charge in [0, 0.05) is 29.3 Å². The Labute approximate surface area is 244 Å². The molecular formula is C33H35NO8. The molecule has 0 radical (unpaired) electrons. The molecule has 5 rings (SSSR count). The number of aromatic nitrogens is 1. The summed E-state index contributed by atoms with van der Waals surface area (Å²) in [5, 5.41) is 23.5. The Hall–Kier alpha value is -4.08. The Kier molecular flexibility index (Phi) is 7.68. The summed E-state index contributed by atoms with van der Waals surface area (Å²) in [6.45, 7) is 9.57. The van der Waals surface area contributed by atoms with E-state index in [-0.39, 0.29) is 17.7 Å². The molecule has 2 saturated carbocycles. The van der Waals surface area contributed by atoms with Crippen molar-refractivity contribution in [1.82, 2.24) is 4.98 Å². The molecule has 220 valence electrons. The Balaban J connectivity index is 1.66. The molecule has 0 amide bonds. The molecule has 0 spiro atoms. The molecule has 3 aliphatic rings. The lowest BCUT2D eigenvalue weighted by Gasteiger charge is -2.65. The number of hydrogen-bond donors (Lipinski definition) is 2. The van der Waals surface area contributed by atoms with Gasteiger partial charge in [0.15, 0.2) is 12.2 Å². The fourth-order valence-corrected chi connectivity index (χ4v) is 6.79. The number of aliphatic hydroxyl groups is 2. The molecule has 7 atom stereocenters. The maximum Gasteiger partial charge on any atom is 0.340 e. The molecule has 1 aromatic carbocycles. The van der Waals surface area contributed by atoms with Crippen LogP contribution in [-0.4, -0.2) is 63.6 Å². The molecule has 0 unspecified atom stereocenters. The van der Waals surface area contributed by atoms with E-state index in [1.54, 1.807) is 61.5 Å². The Bertz CT molecular complexity index is 1450. The van der Waals surface area contributed by atoms with Crippen LogP contribution in [0.15, 0.2) is 90.8 Å². The highest BCUT2D eigenvalue weighted by molar-refractivity contribution is 5.90. The molecule has 2 N–H and O–H groups in total. The molecule has 9 heteroatoms. The van der Waals surface area contributed by atoms with Crippen LogP contribution >= 0.6 is 0 Å². The van der Waals surface area contributed by atoms with Crippen LogP contribution < -0.4 is 0 Å². The SMILES string of the molecule is C=C1[C@@H](O)CC[C@H]2[C@@]1(C)[C@@H](OC(=O)c1cccnc1)[C@H](OC(=O)c1ccccc1)[C@](C)(O)[C@]2(C)/C=C/C1=CC(=O)OC1. The minimum Gasteiger partial charge on any atom is -0.458 e. The van der Waals surface area contributed by atoms with Crippen molar-refractivity contribution in [2.24, 2.45) is 16.7 Å². The zero-order chi connectivity index (χ0) is 30.3. The quantitative estimate of drug-likeness (QED) is 0.299. The fraction of sp³-hybridized carbons (Fsp3) is 0.394. The first-order valence-electron chi connectivity index (χ1n) is 13.9. The van der Waals surface area contributed by atoms with Crippen LogP contribution in [0.25, 0.3) is 0 Å². The molecule has 0 saturated heterocycles. The van der Waals surface area contributed by atoms with E-state index in [4.69, 9.17) is 14.2 Å². The van der Waals surface area contributed by atoms with Gasteiger partial charge in [0.2, 0.25) is 0 Å². The first kappa shape index (κ1) is 29.4. The molecule has 2 aromatic rings. The highest BCUT2D eigenvalue weighted by Crippen LogP contribution is 2.64. The summed E-state index contributed by atoms with van der Waals surface area (Å²) in [7, 11) is 0. The second-order valence-electron chi connectivity index (χ2n) is 11.8. The van der Waals surface area contributed by atoms with Gasteiger partial charge >= 0.3 is 17.9 Å². The van der Waals surface area contributed by atoms with Gasteiger partial charge in [0.1, 0.15) is 12.2 Å². The van der Waals surface area contributed by atoms with Crippen LogP contribution in [0.3, 0.4) is 0 Å². The summed E-state index contributed by atoms with van der Waals surface area (Å²) in [4.78, 5) is 42.7. The number of carbonyl (C=O) groups excluding carboxylic acids is 3. The van der Waals surface area contributed by atoms with E-state index >= 15 is 0 Å². The van der Waals surface area contributed by atoms with Gasteiger partial charge in [-0.25, -0.2) is 14.4 Å². The van der Waals surface area contributed by atoms with Crippen molar-refractivity contribution in [1.29, 1.82) is 0 Å². The van der Waals surface area contributed by atoms with Gasteiger partial charge in [-0.2, -0.15) is 0 Å². The number of nitrogens with zero attached hydrogens (tertiary/aromatic N) is 1. The molecular weight excluding hydrogens is 538 g/mol. The van der Waals surface area contributed by atoms with Crippen LogP contribution in [-0.2, 0) is 19.0 Å². The summed E-state index contributed by atoms with van der Waals surface area (Å²) < 4.78 is 17.3. The third-order valence-corrected chi connectivity index (χ3v) is 9.48. The predicted octanol–water partition coefficient (Wildman–Crippen LogP) is 3.98. The fourth-order valence-electron chi connectivity index (χ4n) is 6.79. The van der Waals surface area contributed by atoms with E-state index in [2.05, 4.69) is 11.6 Å². The summed E-state index contributed by atoms with van der Waals surface area (Å²) in [6, 6.07) is 11.5. The smallest absolute Gasteiger partial charge is 0.340 e. The van der Waals surface area contributed by atoms with Crippen molar-refractivity contribution in [3.8, 4) is 0 Å². The van der Waals surface area contributed by atoms with E-state index in [1.165, 1.54) is 18.5 Å². The van der Waals surface area contributed by atoms with Gasteiger partial charge in [-0.15, -0.1) is 0 Å². The van der Waals surface area contributed by atoms with Gasteiger partial charge in [-0.1, -0.05) is 50.8 Å². The number of aliphatic hydroxyl groups excluding tert-OH is 1. The largest absolute Gasteiger partial charge is 0.458 e. The van der Waals surface area contributed by atoms with Crippen molar-refractivity contribution in [2.45, 2.75) is 57.5 Å². The number of esters is 3. The molecule has 0 bridgehead atoms. The van der Waals surface area contributed by atoms with Crippen molar-refractivity contribution in [3.63, 3.8) is 0 Å². The maximum atomic E-state index is 13.5. The zero-order valence-corrected chi connectivity index (χ0v) is 23.9. The van der Waals surface area contributed by atoms with Crippen molar-refractivity contribution >= 4 is 17.9 Å². The molecule has 9 nitrogen and oxygen atoms in total. The van der Waals surface area contributed by atoms with E-state index in [0.29, 0.717) is 24.0 Å². The molecule has 1 aromatic heterocycles. The zero-order valence-electron chi connectivity index (χ0n) is 23.9. The third-order valence-electron chi connectivity index (χ3n) is 9.48. The number of rotatable bonds is 6. The topological polar surface area (TPSA) is 132 Å². The van der Waals surface area contributed by atoms with E-state index in [0.717, 1.165) is 0 Å². The first-order valence-corrected chi connectivity index (χ1v) is 13.9. The minimum atomic E-state index is -1.80. The second-order valence-corrected chi connectivity index (χ2v) is 11.8. The average molecular weight is 574 g/mol. The predicted molar refractivity (Wildman–Crippen MR) is 152 cm³/mol. The van der Waals surface area contributed by atoms with Gasteiger partial charge < -0.3 is 24.4 Å². The lowest BCUT2D eigenvalue weighted by atomic mass is 9.43. The number of carbonyl (C=O) groups is 3. The lowest BCUT2D eigenvalue weighted by Crippen LogP contribution is -2.73. The van der Waals surface area contributed by atoms with Gasteiger partial charge in [0.05, 0.1) is 17.2 Å². The number of fused-ring (bicyclic) bond motifs is 1. The number of ether oxygens (including phenoxy) is 3.